The number of carbonyl (C=O) groups excluding carboxylic acids is 2. The summed E-state index contributed by atoms with van der Waals surface area (Å²) in [6, 6.07) is 7.86. The van der Waals surface area contributed by atoms with Crippen molar-refractivity contribution in [1.82, 2.24) is 4.90 Å². The van der Waals surface area contributed by atoms with Gasteiger partial charge in [0.15, 0.2) is 0 Å². The van der Waals surface area contributed by atoms with Gasteiger partial charge in [0.2, 0.25) is 12.0 Å². The van der Waals surface area contributed by atoms with Crippen molar-refractivity contribution in [3.05, 3.63) is 29.8 Å². The first-order valence-electron chi connectivity index (χ1n) is 8.93. The number of anilines is 1. The van der Waals surface area contributed by atoms with E-state index in [0.29, 0.717) is 38.3 Å². The van der Waals surface area contributed by atoms with Gasteiger partial charge in [-0.05, 0) is 30.4 Å². The van der Waals surface area contributed by atoms with Gasteiger partial charge in [-0.2, -0.15) is 0 Å². The summed E-state index contributed by atoms with van der Waals surface area (Å²) in [5, 5.41) is 7.04. The lowest BCUT2D eigenvalue weighted by atomic mass is 9.73. The molecule has 6 nitrogen and oxygen atoms in total. The Hall–Kier alpha value is -2.37. The molecular formula is C19H23N3O3. The molecule has 1 saturated heterocycles. The van der Waals surface area contributed by atoms with Crippen LogP contribution in [0.1, 0.15) is 38.7 Å². The molecule has 4 rings (SSSR count). The largest absolute Gasteiger partial charge is 0.382 e. The van der Waals surface area contributed by atoms with E-state index < -0.39 is 11.5 Å². The van der Waals surface area contributed by atoms with Crippen LogP contribution >= 0.6 is 0 Å². The van der Waals surface area contributed by atoms with Gasteiger partial charge < -0.3 is 15.1 Å². The zero-order chi connectivity index (χ0) is 17.6. The Morgan fingerprint density at radius 2 is 2.04 bits per heavy atom. The normalized spacial score (nSPS) is 24.1. The maximum atomic E-state index is 12.7. The van der Waals surface area contributed by atoms with Gasteiger partial charge in [-0.25, -0.2) is 0 Å². The molecule has 1 spiro atoms. The van der Waals surface area contributed by atoms with Crippen LogP contribution in [0.4, 0.5) is 5.69 Å². The van der Waals surface area contributed by atoms with Crippen LogP contribution in [0.3, 0.4) is 0 Å². The fraction of sp³-hybridized carbons (Fsp3) is 0.526. The molecule has 1 aromatic carbocycles. The fourth-order valence-electron chi connectivity index (χ4n) is 4.05. The van der Waals surface area contributed by atoms with Crippen LogP contribution in [0.15, 0.2) is 29.4 Å². The van der Waals surface area contributed by atoms with E-state index in [9.17, 15) is 9.59 Å². The van der Waals surface area contributed by atoms with E-state index in [2.05, 4.69) is 24.3 Å². The summed E-state index contributed by atoms with van der Waals surface area (Å²) < 4.78 is 0. The van der Waals surface area contributed by atoms with Crippen LogP contribution in [0, 0.1) is 5.92 Å². The number of hydrogen-bond donors (Lipinski definition) is 1. The Kier molecular flexibility index (Phi) is 3.78. The predicted octanol–water partition coefficient (Wildman–Crippen LogP) is 2.30. The summed E-state index contributed by atoms with van der Waals surface area (Å²) in [6.07, 6.45) is 1.36. The van der Waals surface area contributed by atoms with E-state index >= 15 is 0 Å². The van der Waals surface area contributed by atoms with E-state index in [1.54, 1.807) is 0 Å². The number of benzene rings is 1. The number of piperidine rings is 1. The van der Waals surface area contributed by atoms with E-state index in [-0.39, 0.29) is 11.8 Å². The Labute approximate surface area is 147 Å². The van der Waals surface area contributed by atoms with E-state index in [0.717, 1.165) is 17.0 Å². The first-order valence-corrected chi connectivity index (χ1v) is 8.93. The van der Waals surface area contributed by atoms with Gasteiger partial charge in [-0.3, -0.25) is 9.59 Å². The number of amides is 2. The van der Waals surface area contributed by atoms with Gasteiger partial charge in [0.25, 0.3) is 5.91 Å². The number of rotatable bonds is 2. The number of oxime groups is 1. The molecule has 3 heterocycles. The summed E-state index contributed by atoms with van der Waals surface area (Å²) in [4.78, 5) is 32.5. The van der Waals surface area contributed by atoms with E-state index in [4.69, 9.17) is 4.84 Å². The zero-order valence-electron chi connectivity index (χ0n) is 14.6. The van der Waals surface area contributed by atoms with Crippen molar-refractivity contribution in [2.24, 2.45) is 11.1 Å². The van der Waals surface area contributed by atoms with Crippen LogP contribution in [0.2, 0.25) is 0 Å². The first kappa shape index (κ1) is 16.1. The number of para-hydroxylation sites is 1. The SMILES string of the molecule is CC(C)C1=NOC(C(=O)N2CCC3(CC2)C(=O)Nc2ccccc23)C1. The molecule has 1 fully saturated rings. The first-order chi connectivity index (χ1) is 12.0. The van der Waals surface area contributed by atoms with Crippen molar-refractivity contribution in [2.45, 2.75) is 44.6 Å². The number of nitrogens with one attached hydrogen (secondary N) is 1. The lowest BCUT2D eigenvalue weighted by molar-refractivity contribution is -0.144. The molecule has 0 radical (unpaired) electrons. The molecule has 132 valence electrons. The molecular weight excluding hydrogens is 318 g/mol. The topological polar surface area (TPSA) is 71.0 Å². The average molecular weight is 341 g/mol. The highest BCUT2D eigenvalue weighted by Gasteiger charge is 2.49. The van der Waals surface area contributed by atoms with Crippen molar-refractivity contribution in [3.63, 3.8) is 0 Å². The second kappa shape index (κ2) is 5.86. The standard InChI is InChI=1S/C19H23N3O3/c1-12(2)15-11-16(25-21-15)17(23)22-9-7-19(8-10-22)13-5-3-4-6-14(13)20-18(19)24/h3-6,12,16H,7-11H2,1-2H3,(H,20,24). The van der Waals surface area contributed by atoms with Crippen LogP contribution in [-0.4, -0.2) is 41.6 Å². The van der Waals surface area contributed by atoms with Gasteiger partial charge in [-0.1, -0.05) is 37.2 Å². The Balaban J connectivity index is 1.44. The molecule has 3 aliphatic heterocycles. The quantitative estimate of drug-likeness (QED) is 0.897. The molecule has 0 aliphatic carbocycles. The van der Waals surface area contributed by atoms with Crippen LogP contribution < -0.4 is 5.32 Å². The molecule has 0 saturated carbocycles. The minimum atomic E-state index is -0.504. The van der Waals surface area contributed by atoms with Gasteiger partial charge in [-0.15, -0.1) is 0 Å². The van der Waals surface area contributed by atoms with Gasteiger partial charge >= 0.3 is 0 Å². The Morgan fingerprint density at radius 1 is 1.32 bits per heavy atom. The minimum Gasteiger partial charge on any atom is -0.382 e. The summed E-state index contributed by atoms with van der Waals surface area (Å²) in [5.41, 5.74) is 2.41. The minimum absolute atomic E-state index is 0.0130. The average Bonchev–Trinajstić information content (AvgIpc) is 3.20. The fourth-order valence-corrected chi connectivity index (χ4v) is 4.05. The number of carbonyl (C=O) groups is 2. The molecule has 25 heavy (non-hydrogen) atoms. The second-order valence-corrected chi connectivity index (χ2v) is 7.44. The number of fused-ring (bicyclic) bond motifs is 2. The molecule has 1 atom stereocenters. The van der Waals surface area contributed by atoms with Crippen molar-refractivity contribution in [3.8, 4) is 0 Å². The third-order valence-electron chi connectivity index (χ3n) is 5.69. The van der Waals surface area contributed by atoms with Crippen molar-refractivity contribution in [2.75, 3.05) is 18.4 Å². The maximum absolute atomic E-state index is 12.7. The summed E-state index contributed by atoms with van der Waals surface area (Å²) in [5.74, 6) is 0.338. The molecule has 2 amide bonds. The van der Waals surface area contributed by atoms with Crippen LogP contribution in [-0.2, 0) is 19.8 Å². The summed E-state index contributed by atoms with van der Waals surface area (Å²) in [6.45, 7) is 5.24. The third-order valence-corrected chi connectivity index (χ3v) is 5.69. The number of likely N-dealkylation sites (tertiary alicyclic amines) is 1. The number of nitrogens with zero attached hydrogens (tertiary/aromatic N) is 2. The van der Waals surface area contributed by atoms with Crippen molar-refractivity contribution < 1.29 is 14.4 Å². The van der Waals surface area contributed by atoms with Gasteiger partial charge in [0.05, 0.1) is 11.1 Å². The molecule has 3 aliphatic rings. The molecule has 1 N–H and O–H groups in total. The number of hydrogen-bond acceptors (Lipinski definition) is 4. The lowest BCUT2D eigenvalue weighted by Gasteiger charge is -2.38. The van der Waals surface area contributed by atoms with Gasteiger partial charge in [0.1, 0.15) is 0 Å². The van der Waals surface area contributed by atoms with Crippen molar-refractivity contribution in [1.29, 1.82) is 0 Å². The van der Waals surface area contributed by atoms with E-state index in [1.165, 1.54) is 0 Å². The van der Waals surface area contributed by atoms with E-state index in [1.807, 2.05) is 29.2 Å². The maximum Gasteiger partial charge on any atom is 0.266 e. The Bertz CT molecular complexity index is 748. The zero-order valence-corrected chi connectivity index (χ0v) is 14.6. The van der Waals surface area contributed by atoms with Crippen LogP contribution in [0.5, 0.6) is 0 Å². The summed E-state index contributed by atoms with van der Waals surface area (Å²) in [7, 11) is 0. The third kappa shape index (κ3) is 2.51. The predicted molar refractivity (Wildman–Crippen MR) is 94.3 cm³/mol. The molecule has 0 aromatic heterocycles. The molecule has 6 heteroatoms. The lowest BCUT2D eigenvalue weighted by Crippen LogP contribution is -2.50. The summed E-state index contributed by atoms with van der Waals surface area (Å²) >= 11 is 0. The molecule has 0 bridgehead atoms. The molecule has 1 aromatic rings. The molecule has 1 unspecified atom stereocenters. The smallest absolute Gasteiger partial charge is 0.266 e. The van der Waals surface area contributed by atoms with Gasteiger partial charge in [0, 0.05) is 25.2 Å². The van der Waals surface area contributed by atoms with Crippen molar-refractivity contribution >= 4 is 23.2 Å². The second-order valence-electron chi connectivity index (χ2n) is 7.44. The highest BCUT2D eigenvalue weighted by atomic mass is 16.6. The Morgan fingerprint density at radius 3 is 2.72 bits per heavy atom. The van der Waals surface area contributed by atoms with Crippen LogP contribution in [0.25, 0.3) is 0 Å². The monoisotopic (exact) mass is 341 g/mol. The highest BCUT2D eigenvalue weighted by Crippen LogP contribution is 2.44. The highest BCUT2D eigenvalue weighted by molar-refractivity contribution is 6.06.